The van der Waals surface area contributed by atoms with E-state index in [-0.39, 0.29) is 0 Å². The predicted molar refractivity (Wildman–Crippen MR) is 151 cm³/mol. The first-order valence-corrected chi connectivity index (χ1v) is 12.3. The van der Waals surface area contributed by atoms with Crippen molar-refractivity contribution >= 4 is 44.9 Å². The van der Waals surface area contributed by atoms with Gasteiger partial charge in [0.25, 0.3) is 0 Å². The standard InChI is InChI=1S/C30H22ClN5O2/c1-18-7-8-19(15-25(18)31)28-23-5-3-4-6-24(23)30(36-35-28)34-20-9-11-21(12-10-20)38-27-13-14-32-26-16-22(37-2)17-33-29(26)27/h3-17H,1-2H3,(H,34,36). The minimum atomic E-state index is 0.613. The number of pyridine rings is 2. The Morgan fingerprint density at radius 3 is 2.42 bits per heavy atom. The summed E-state index contributed by atoms with van der Waals surface area (Å²) in [6.07, 6.45) is 3.33. The van der Waals surface area contributed by atoms with Crippen molar-refractivity contribution in [3.63, 3.8) is 0 Å². The largest absolute Gasteiger partial charge is 0.495 e. The van der Waals surface area contributed by atoms with Gasteiger partial charge in [-0.25, -0.2) is 4.98 Å². The number of aryl methyl sites for hydroxylation is 1. The van der Waals surface area contributed by atoms with Gasteiger partial charge in [-0.1, -0.05) is 48.0 Å². The molecule has 6 aromatic rings. The maximum Gasteiger partial charge on any atom is 0.161 e. The van der Waals surface area contributed by atoms with Crippen LogP contribution in [-0.2, 0) is 0 Å². The first-order valence-electron chi connectivity index (χ1n) is 11.9. The van der Waals surface area contributed by atoms with Crippen LogP contribution in [-0.4, -0.2) is 27.3 Å². The summed E-state index contributed by atoms with van der Waals surface area (Å²) < 4.78 is 11.4. The van der Waals surface area contributed by atoms with Crippen molar-refractivity contribution in [1.29, 1.82) is 0 Å². The number of hydrogen-bond acceptors (Lipinski definition) is 7. The molecule has 0 aliphatic rings. The molecule has 0 saturated heterocycles. The summed E-state index contributed by atoms with van der Waals surface area (Å²) in [5, 5.41) is 15.1. The number of anilines is 2. The maximum atomic E-state index is 6.38. The van der Waals surface area contributed by atoms with E-state index in [0.717, 1.165) is 33.3 Å². The highest BCUT2D eigenvalue weighted by Crippen LogP contribution is 2.34. The molecule has 0 unspecified atom stereocenters. The maximum absolute atomic E-state index is 6.38. The molecule has 3 aromatic carbocycles. The lowest BCUT2D eigenvalue weighted by atomic mass is 10.0. The summed E-state index contributed by atoms with van der Waals surface area (Å²) in [6.45, 7) is 1.98. The van der Waals surface area contributed by atoms with E-state index in [0.29, 0.717) is 39.1 Å². The zero-order chi connectivity index (χ0) is 26.1. The minimum absolute atomic E-state index is 0.613. The van der Waals surface area contributed by atoms with E-state index in [1.807, 2.05) is 79.7 Å². The molecule has 8 heteroatoms. The van der Waals surface area contributed by atoms with E-state index in [4.69, 9.17) is 21.1 Å². The summed E-state index contributed by atoms with van der Waals surface area (Å²) in [7, 11) is 1.60. The van der Waals surface area contributed by atoms with E-state index < -0.39 is 0 Å². The summed E-state index contributed by atoms with van der Waals surface area (Å²) in [5.41, 5.74) is 4.94. The number of nitrogens with zero attached hydrogens (tertiary/aromatic N) is 4. The number of methoxy groups -OCH3 is 1. The highest BCUT2D eigenvalue weighted by molar-refractivity contribution is 6.31. The van der Waals surface area contributed by atoms with Crippen LogP contribution in [0.3, 0.4) is 0 Å². The summed E-state index contributed by atoms with van der Waals surface area (Å²) in [6, 6.07) is 25.2. The third-order valence-electron chi connectivity index (χ3n) is 6.23. The smallest absolute Gasteiger partial charge is 0.161 e. The Morgan fingerprint density at radius 2 is 1.63 bits per heavy atom. The topological polar surface area (TPSA) is 82.0 Å². The highest BCUT2D eigenvalue weighted by atomic mass is 35.5. The van der Waals surface area contributed by atoms with Crippen LogP contribution in [0.1, 0.15) is 5.56 Å². The van der Waals surface area contributed by atoms with Gasteiger partial charge in [-0.3, -0.25) is 4.98 Å². The van der Waals surface area contributed by atoms with E-state index in [9.17, 15) is 0 Å². The molecule has 1 N–H and O–H groups in total. The van der Waals surface area contributed by atoms with Crippen molar-refractivity contribution in [3.8, 4) is 28.5 Å². The van der Waals surface area contributed by atoms with Gasteiger partial charge in [0, 0.05) is 45.4 Å². The Labute approximate surface area is 224 Å². The summed E-state index contributed by atoms with van der Waals surface area (Å²) >= 11 is 6.38. The first kappa shape index (κ1) is 23.6. The molecule has 186 valence electrons. The van der Waals surface area contributed by atoms with E-state index in [2.05, 4.69) is 25.5 Å². The zero-order valence-electron chi connectivity index (χ0n) is 20.6. The average molecular weight is 520 g/mol. The molecule has 0 spiro atoms. The summed E-state index contributed by atoms with van der Waals surface area (Å²) in [5.74, 6) is 2.59. The van der Waals surface area contributed by atoms with Crippen molar-refractivity contribution in [2.75, 3.05) is 12.4 Å². The van der Waals surface area contributed by atoms with E-state index >= 15 is 0 Å². The van der Waals surface area contributed by atoms with Gasteiger partial charge in [0.1, 0.15) is 22.7 Å². The fraction of sp³-hybridized carbons (Fsp3) is 0.0667. The number of nitrogens with one attached hydrogen (secondary N) is 1. The number of hydrogen-bond donors (Lipinski definition) is 1. The van der Waals surface area contributed by atoms with Gasteiger partial charge in [-0.15, -0.1) is 10.2 Å². The molecule has 0 amide bonds. The normalized spacial score (nSPS) is 11.0. The molecule has 0 saturated carbocycles. The lowest BCUT2D eigenvalue weighted by Crippen LogP contribution is -1.99. The van der Waals surface area contributed by atoms with Crippen LogP contribution in [0.2, 0.25) is 5.02 Å². The molecule has 0 radical (unpaired) electrons. The summed E-state index contributed by atoms with van der Waals surface area (Å²) in [4.78, 5) is 8.80. The van der Waals surface area contributed by atoms with Crippen LogP contribution in [0.25, 0.3) is 33.1 Å². The van der Waals surface area contributed by atoms with E-state index in [1.54, 1.807) is 25.6 Å². The fourth-order valence-electron chi connectivity index (χ4n) is 4.20. The van der Waals surface area contributed by atoms with Gasteiger partial charge < -0.3 is 14.8 Å². The second-order valence-corrected chi connectivity index (χ2v) is 9.12. The Morgan fingerprint density at radius 1 is 0.816 bits per heavy atom. The van der Waals surface area contributed by atoms with Gasteiger partial charge in [-0.05, 0) is 42.8 Å². The Hall–Kier alpha value is -4.75. The quantitative estimate of drug-likeness (QED) is 0.241. The minimum Gasteiger partial charge on any atom is -0.495 e. The first-order chi connectivity index (χ1) is 18.6. The van der Waals surface area contributed by atoms with Gasteiger partial charge in [0.2, 0.25) is 0 Å². The van der Waals surface area contributed by atoms with Crippen LogP contribution in [0, 0.1) is 6.92 Å². The second kappa shape index (κ2) is 9.95. The average Bonchev–Trinajstić information content (AvgIpc) is 2.95. The van der Waals surface area contributed by atoms with Gasteiger partial charge in [0.05, 0.1) is 18.8 Å². The molecular formula is C30H22ClN5O2. The molecule has 3 aromatic heterocycles. The SMILES string of the molecule is COc1cnc2c(Oc3ccc(Nc4nnc(-c5ccc(C)c(Cl)c5)c5ccccc45)cc3)ccnc2c1. The number of aromatic nitrogens is 4. The van der Waals surface area contributed by atoms with Crippen LogP contribution in [0.4, 0.5) is 11.5 Å². The molecule has 0 bridgehead atoms. The number of ether oxygens (including phenoxy) is 2. The molecule has 0 fully saturated rings. The molecule has 6 rings (SSSR count). The van der Waals surface area contributed by atoms with Crippen LogP contribution in [0.5, 0.6) is 17.2 Å². The third kappa shape index (κ3) is 4.55. The van der Waals surface area contributed by atoms with Crippen LogP contribution in [0.15, 0.2) is 91.3 Å². The molecule has 7 nitrogen and oxygen atoms in total. The predicted octanol–water partition coefficient (Wildman–Crippen LogP) is 7.75. The van der Waals surface area contributed by atoms with Crippen molar-refractivity contribution in [2.45, 2.75) is 6.92 Å². The number of rotatable bonds is 6. The number of fused-ring (bicyclic) bond motifs is 2. The Balaban J connectivity index is 1.27. The van der Waals surface area contributed by atoms with Gasteiger partial charge >= 0.3 is 0 Å². The molecule has 0 aliphatic carbocycles. The van der Waals surface area contributed by atoms with Crippen LogP contribution < -0.4 is 14.8 Å². The Bertz CT molecular complexity index is 1790. The van der Waals surface area contributed by atoms with Gasteiger partial charge in [-0.2, -0.15) is 0 Å². The molecule has 0 atom stereocenters. The monoisotopic (exact) mass is 519 g/mol. The number of benzene rings is 3. The van der Waals surface area contributed by atoms with Crippen molar-refractivity contribution in [2.24, 2.45) is 0 Å². The van der Waals surface area contributed by atoms with E-state index in [1.165, 1.54) is 0 Å². The lowest BCUT2D eigenvalue weighted by Gasteiger charge is -2.13. The number of halogens is 1. The zero-order valence-corrected chi connectivity index (χ0v) is 21.4. The molecule has 0 aliphatic heterocycles. The molecule has 38 heavy (non-hydrogen) atoms. The third-order valence-corrected chi connectivity index (χ3v) is 6.64. The van der Waals surface area contributed by atoms with Crippen LogP contribution >= 0.6 is 11.6 Å². The Kier molecular flexibility index (Phi) is 6.19. The van der Waals surface area contributed by atoms with Crippen molar-refractivity contribution in [1.82, 2.24) is 20.2 Å². The fourth-order valence-corrected chi connectivity index (χ4v) is 4.38. The highest BCUT2D eigenvalue weighted by Gasteiger charge is 2.13. The van der Waals surface area contributed by atoms with Crippen molar-refractivity contribution in [3.05, 3.63) is 102 Å². The van der Waals surface area contributed by atoms with Crippen molar-refractivity contribution < 1.29 is 9.47 Å². The lowest BCUT2D eigenvalue weighted by molar-refractivity contribution is 0.413. The second-order valence-electron chi connectivity index (χ2n) is 8.71. The van der Waals surface area contributed by atoms with Gasteiger partial charge in [0.15, 0.2) is 11.6 Å². The molecule has 3 heterocycles. The molecular weight excluding hydrogens is 498 g/mol.